The standard InChI is InChI=1S/C18H22N2O/c1-13(14(2)19)18(21)20-17-11-7-6-10-16(17)12-15-8-4-3-5-9-15/h3-11,13-14H,12,19H2,1-2H3,(H,20,21). The minimum Gasteiger partial charge on any atom is -0.327 e. The average Bonchev–Trinajstić information content (AvgIpc) is 2.49. The Hall–Kier alpha value is -2.13. The number of amides is 1. The molecule has 0 saturated heterocycles. The van der Waals surface area contributed by atoms with Crippen molar-refractivity contribution in [3.63, 3.8) is 0 Å². The van der Waals surface area contributed by atoms with Crippen LogP contribution in [-0.4, -0.2) is 11.9 Å². The predicted octanol–water partition coefficient (Wildman–Crippen LogP) is 3.20. The highest BCUT2D eigenvalue weighted by Crippen LogP contribution is 2.20. The first-order valence-corrected chi connectivity index (χ1v) is 7.26. The molecular weight excluding hydrogens is 260 g/mol. The first-order valence-electron chi connectivity index (χ1n) is 7.26. The van der Waals surface area contributed by atoms with E-state index in [1.54, 1.807) is 0 Å². The Morgan fingerprint density at radius 2 is 1.67 bits per heavy atom. The molecule has 0 aromatic heterocycles. The summed E-state index contributed by atoms with van der Waals surface area (Å²) in [4.78, 5) is 12.2. The Balaban J connectivity index is 2.16. The number of rotatable bonds is 5. The molecule has 3 nitrogen and oxygen atoms in total. The van der Waals surface area contributed by atoms with Gasteiger partial charge in [-0.3, -0.25) is 4.79 Å². The molecule has 0 bridgehead atoms. The summed E-state index contributed by atoms with van der Waals surface area (Å²) in [6.45, 7) is 3.69. The van der Waals surface area contributed by atoms with E-state index in [-0.39, 0.29) is 17.9 Å². The van der Waals surface area contributed by atoms with Crippen molar-refractivity contribution >= 4 is 11.6 Å². The van der Waals surface area contributed by atoms with Crippen LogP contribution in [0.2, 0.25) is 0 Å². The van der Waals surface area contributed by atoms with E-state index in [4.69, 9.17) is 5.73 Å². The van der Waals surface area contributed by atoms with Gasteiger partial charge in [0.1, 0.15) is 0 Å². The van der Waals surface area contributed by atoms with Crippen molar-refractivity contribution in [1.29, 1.82) is 0 Å². The van der Waals surface area contributed by atoms with Crippen LogP contribution in [-0.2, 0) is 11.2 Å². The zero-order chi connectivity index (χ0) is 15.2. The number of carbonyl (C=O) groups is 1. The van der Waals surface area contributed by atoms with Crippen molar-refractivity contribution < 1.29 is 4.79 Å². The number of anilines is 1. The number of hydrogen-bond donors (Lipinski definition) is 2. The second kappa shape index (κ2) is 7.04. The molecule has 3 heteroatoms. The molecule has 0 spiro atoms. The third-order valence-corrected chi connectivity index (χ3v) is 3.71. The van der Waals surface area contributed by atoms with Gasteiger partial charge in [-0.25, -0.2) is 0 Å². The molecule has 2 unspecified atom stereocenters. The minimum atomic E-state index is -0.213. The zero-order valence-corrected chi connectivity index (χ0v) is 12.5. The maximum absolute atomic E-state index is 12.2. The quantitative estimate of drug-likeness (QED) is 0.885. The van der Waals surface area contributed by atoms with E-state index in [1.807, 2.05) is 56.3 Å². The smallest absolute Gasteiger partial charge is 0.228 e. The number of para-hydroxylation sites is 1. The monoisotopic (exact) mass is 282 g/mol. The molecule has 0 fully saturated rings. The van der Waals surface area contributed by atoms with E-state index in [0.29, 0.717) is 0 Å². The number of benzene rings is 2. The van der Waals surface area contributed by atoms with E-state index < -0.39 is 0 Å². The largest absolute Gasteiger partial charge is 0.327 e. The van der Waals surface area contributed by atoms with Gasteiger partial charge in [-0.1, -0.05) is 55.5 Å². The van der Waals surface area contributed by atoms with Crippen molar-refractivity contribution in [2.24, 2.45) is 11.7 Å². The topological polar surface area (TPSA) is 55.1 Å². The molecule has 0 aliphatic heterocycles. The van der Waals surface area contributed by atoms with E-state index in [2.05, 4.69) is 17.4 Å². The fourth-order valence-electron chi connectivity index (χ4n) is 2.10. The summed E-state index contributed by atoms with van der Waals surface area (Å²) in [6.07, 6.45) is 0.795. The normalized spacial score (nSPS) is 13.5. The van der Waals surface area contributed by atoms with Gasteiger partial charge in [0.2, 0.25) is 5.91 Å². The first-order chi connectivity index (χ1) is 10.1. The molecule has 2 aromatic rings. The Labute approximate surface area is 126 Å². The van der Waals surface area contributed by atoms with Crippen molar-refractivity contribution in [3.8, 4) is 0 Å². The summed E-state index contributed by atoms with van der Waals surface area (Å²) in [6, 6.07) is 18.0. The first kappa shape index (κ1) is 15.3. The van der Waals surface area contributed by atoms with Crippen LogP contribution in [0.1, 0.15) is 25.0 Å². The lowest BCUT2D eigenvalue weighted by molar-refractivity contribution is -0.119. The van der Waals surface area contributed by atoms with E-state index >= 15 is 0 Å². The highest BCUT2D eigenvalue weighted by Gasteiger charge is 2.17. The third-order valence-electron chi connectivity index (χ3n) is 3.71. The molecule has 0 radical (unpaired) electrons. The molecule has 0 saturated carbocycles. The van der Waals surface area contributed by atoms with E-state index in [0.717, 1.165) is 17.7 Å². The van der Waals surface area contributed by atoms with Gasteiger partial charge in [-0.15, -0.1) is 0 Å². The fraction of sp³-hybridized carbons (Fsp3) is 0.278. The van der Waals surface area contributed by atoms with Gasteiger partial charge in [0, 0.05) is 11.7 Å². The van der Waals surface area contributed by atoms with E-state index in [9.17, 15) is 4.79 Å². The van der Waals surface area contributed by atoms with Crippen LogP contribution in [0.25, 0.3) is 0 Å². The molecular formula is C18H22N2O. The fourth-order valence-corrected chi connectivity index (χ4v) is 2.10. The SMILES string of the molecule is CC(N)C(C)C(=O)Nc1ccccc1Cc1ccccc1. The lowest BCUT2D eigenvalue weighted by atomic mass is 10.0. The van der Waals surface area contributed by atoms with Gasteiger partial charge in [0.25, 0.3) is 0 Å². The third kappa shape index (κ3) is 4.17. The number of nitrogens with one attached hydrogen (secondary N) is 1. The highest BCUT2D eigenvalue weighted by molar-refractivity contribution is 5.93. The molecule has 0 heterocycles. The average molecular weight is 282 g/mol. The van der Waals surface area contributed by atoms with Crippen LogP contribution in [0.3, 0.4) is 0 Å². The van der Waals surface area contributed by atoms with Crippen molar-refractivity contribution in [1.82, 2.24) is 0 Å². The van der Waals surface area contributed by atoms with Crippen molar-refractivity contribution in [2.45, 2.75) is 26.3 Å². The maximum Gasteiger partial charge on any atom is 0.228 e. The molecule has 21 heavy (non-hydrogen) atoms. The van der Waals surface area contributed by atoms with Gasteiger partial charge in [-0.05, 0) is 30.5 Å². The lowest BCUT2D eigenvalue weighted by Gasteiger charge is -2.17. The summed E-state index contributed by atoms with van der Waals surface area (Å²) >= 11 is 0. The molecule has 2 rings (SSSR count). The number of nitrogens with two attached hydrogens (primary N) is 1. The lowest BCUT2D eigenvalue weighted by Crippen LogP contribution is -2.34. The van der Waals surface area contributed by atoms with Gasteiger partial charge >= 0.3 is 0 Å². The second-order valence-corrected chi connectivity index (χ2v) is 5.46. The summed E-state index contributed by atoms with van der Waals surface area (Å²) < 4.78 is 0. The van der Waals surface area contributed by atoms with Gasteiger partial charge in [0.15, 0.2) is 0 Å². The molecule has 2 atom stereocenters. The Morgan fingerprint density at radius 3 is 2.33 bits per heavy atom. The second-order valence-electron chi connectivity index (χ2n) is 5.46. The summed E-state index contributed by atoms with van der Waals surface area (Å²) in [7, 11) is 0. The van der Waals surface area contributed by atoms with Crippen LogP contribution < -0.4 is 11.1 Å². The minimum absolute atomic E-state index is 0.0366. The van der Waals surface area contributed by atoms with Crippen molar-refractivity contribution in [3.05, 3.63) is 65.7 Å². The molecule has 110 valence electrons. The summed E-state index contributed by atoms with van der Waals surface area (Å²) in [5.74, 6) is -0.250. The molecule has 2 aromatic carbocycles. The number of hydrogen-bond acceptors (Lipinski definition) is 2. The van der Waals surface area contributed by atoms with Crippen LogP contribution in [0, 0.1) is 5.92 Å². The van der Waals surface area contributed by atoms with Crippen LogP contribution in [0.5, 0.6) is 0 Å². The van der Waals surface area contributed by atoms with Crippen LogP contribution >= 0.6 is 0 Å². The molecule has 0 aliphatic rings. The summed E-state index contributed by atoms with van der Waals surface area (Å²) in [5, 5.41) is 2.99. The molecule has 1 amide bonds. The predicted molar refractivity (Wildman–Crippen MR) is 87.1 cm³/mol. The van der Waals surface area contributed by atoms with Gasteiger partial charge < -0.3 is 11.1 Å². The zero-order valence-electron chi connectivity index (χ0n) is 12.5. The maximum atomic E-state index is 12.2. The van der Waals surface area contributed by atoms with Crippen molar-refractivity contribution in [2.75, 3.05) is 5.32 Å². The van der Waals surface area contributed by atoms with Crippen LogP contribution in [0.4, 0.5) is 5.69 Å². The highest BCUT2D eigenvalue weighted by atomic mass is 16.1. The Morgan fingerprint density at radius 1 is 1.05 bits per heavy atom. The Kier molecular flexibility index (Phi) is 5.12. The van der Waals surface area contributed by atoms with Crippen LogP contribution in [0.15, 0.2) is 54.6 Å². The molecule has 0 aliphatic carbocycles. The molecule has 3 N–H and O–H groups in total. The van der Waals surface area contributed by atoms with E-state index in [1.165, 1.54) is 5.56 Å². The van der Waals surface area contributed by atoms with Gasteiger partial charge in [0.05, 0.1) is 5.92 Å². The number of carbonyl (C=O) groups excluding carboxylic acids is 1. The van der Waals surface area contributed by atoms with Gasteiger partial charge in [-0.2, -0.15) is 0 Å². The Bertz CT molecular complexity index is 593. The summed E-state index contributed by atoms with van der Waals surface area (Å²) in [5.41, 5.74) is 8.98.